The summed E-state index contributed by atoms with van der Waals surface area (Å²) in [6.07, 6.45) is 1.57. The number of aliphatic hydroxyl groups excluding tert-OH is 1. The minimum Gasteiger partial charge on any atom is -0.496 e. The zero-order valence-electron chi connectivity index (χ0n) is 24.8. The Kier molecular flexibility index (Phi) is 10.7. The van der Waals surface area contributed by atoms with Crippen LogP contribution in [-0.4, -0.2) is 84.0 Å². The van der Waals surface area contributed by atoms with E-state index in [2.05, 4.69) is 21.8 Å². The Morgan fingerprint density at radius 1 is 1.19 bits per heavy atom. The molecule has 0 bridgehead atoms. The number of aliphatic hydroxyl groups is 1. The summed E-state index contributed by atoms with van der Waals surface area (Å²) in [4.78, 5) is 37.1. The first-order chi connectivity index (χ1) is 20.0. The van der Waals surface area contributed by atoms with Crippen molar-refractivity contribution in [2.45, 2.75) is 42.1 Å². The summed E-state index contributed by atoms with van der Waals surface area (Å²) in [6, 6.07) is 11.6. The summed E-state index contributed by atoms with van der Waals surface area (Å²) in [5.74, 6) is 0.330. The Labute approximate surface area is 256 Å². The number of methoxy groups -OCH3 is 1. The number of hydrogen-bond donors (Lipinski definition) is 2. The van der Waals surface area contributed by atoms with Gasteiger partial charge in [-0.1, -0.05) is 53.9 Å². The van der Waals surface area contributed by atoms with Crippen LogP contribution in [0.3, 0.4) is 0 Å². The smallest absolute Gasteiger partial charge is 0.257 e. The van der Waals surface area contributed by atoms with Crippen LogP contribution in [0.5, 0.6) is 5.75 Å². The van der Waals surface area contributed by atoms with Crippen molar-refractivity contribution in [3.63, 3.8) is 0 Å². The van der Waals surface area contributed by atoms with E-state index in [0.717, 1.165) is 32.3 Å². The highest BCUT2D eigenvalue weighted by molar-refractivity contribution is 8.01. The van der Waals surface area contributed by atoms with Crippen LogP contribution in [0.2, 0.25) is 0 Å². The second kappa shape index (κ2) is 14.2. The van der Waals surface area contributed by atoms with E-state index in [1.165, 1.54) is 23.1 Å². The molecule has 1 aliphatic heterocycles. The molecule has 1 unspecified atom stereocenters. The molecule has 1 aromatic heterocycles. The van der Waals surface area contributed by atoms with Gasteiger partial charge in [0.15, 0.2) is 11.4 Å². The molecule has 1 aliphatic rings. The minimum atomic E-state index is -0.890. The van der Waals surface area contributed by atoms with Crippen molar-refractivity contribution in [3.8, 4) is 5.75 Å². The standard InChI is InChI=1S/C31H39N5O4S2/c1-20(2)29(38)35-11-8-12-36(14-13-35)30(39)24-17-26(21(3)15-25(24)40-6)41-27-18-32-31(42-27)33-28(37)23-10-7-9-22(16-23)19-34(4)5/h7,9-10,15-18,28,37H,1,8,11-14,19H2,2-6H3,(H,32,33). The lowest BCUT2D eigenvalue weighted by molar-refractivity contribution is -0.126. The zero-order chi connectivity index (χ0) is 30.4. The van der Waals surface area contributed by atoms with E-state index in [1.807, 2.05) is 57.4 Å². The Morgan fingerprint density at radius 2 is 1.93 bits per heavy atom. The lowest BCUT2D eigenvalue weighted by atomic mass is 10.1. The van der Waals surface area contributed by atoms with Crippen LogP contribution in [0, 0.1) is 6.92 Å². The number of nitrogens with zero attached hydrogens (tertiary/aromatic N) is 4. The number of thiazole rings is 1. The third-order valence-electron chi connectivity index (χ3n) is 6.88. The fourth-order valence-corrected chi connectivity index (χ4v) is 6.74. The quantitative estimate of drug-likeness (QED) is 0.244. The number of carbonyl (C=O) groups excluding carboxylic acids is 2. The number of aryl methyl sites for hydroxylation is 1. The average Bonchev–Trinajstić information content (AvgIpc) is 3.24. The van der Waals surface area contributed by atoms with Crippen molar-refractivity contribution in [3.05, 3.63) is 77.0 Å². The molecular formula is C31H39N5O4S2. The van der Waals surface area contributed by atoms with Gasteiger partial charge in [-0.3, -0.25) is 9.59 Å². The molecule has 1 fully saturated rings. The van der Waals surface area contributed by atoms with Crippen molar-refractivity contribution in [2.75, 3.05) is 52.7 Å². The van der Waals surface area contributed by atoms with Crippen LogP contribution in [-0.2, 0) is 11.3 Å². The predicted octanol–water partition coefficient (Wildman–Crippen LogP) is 5.03. The molecule has 2 aromatic carbocycles. The van der Waals surface area contributed by atoms with E-state index >= 15 is 0 Å². The number of aromatic nitrogens is 1. The Balaban J connectivity index is 1.46. The first-order valence-electron chi connectivity index (χ1n) is 13.8. The third-order valence-corrected chi connectivity index (χ3v) is 9.07. The number of nitrogens with one attached hydrogen (secondary N) is 1. The Bertz CT molecular complexity index is 1440. The number of carbonyl (C=O) groups is 2. The molecule has 2 N–H and O–H groups in total. The largest absolute Gasteiger partial charge is 0.496 e. The molecule has 0 aliphatic carbocycles. The topological polar surface area (TPSA) is 98.2 Å². The summed E-state index contributed by atoms with van der Waals surface area (Å²) >= 11 is 2.95. The van der Waals surface area contributed by atoms with Gasteiger partial charge in [-0.05, 0) is 57.6 Å². The van der Waals surface area contributed by atoms with Crippen LogP contribution < -0.4 is 10.1 Å². The molecule has 224 valence electrons. The van der Waals surface area contributed by atoms with Crippen LogP contribution in [0.25, 0.3) is 0 Å². The van der Waals surface area contributed by atoms with Crippen molar-refractivity contribution >= 4 is 40.0 Å². The number of hydrogen-bond acceptors (Lipinski definition) is 9. The van der Waals surface area contributed by atoms with E-state index in [1.54, 1.807) is 30.0 Å². The van der Waals surface area contributed by atoms with Gasteiger partial charge in [0.2, 0.25) is 5.91 Å². The lowest BCUT2D eigenvalue weighted by Crippen LogP contribution is -2.37. The molecule has 9 nitrogen and oxygen atoms in total. The molecule has 2 heterocycles. The molecule has 2 amide bonds. The molecule has 1 atom stereocenters. The Hall–Kier alpha value is -3.38. The molecule has 0 radical (unpaired) electrons. The third kappa shape index (κ3) is 7.91. The second-order valence-corrected chi connectivity index (χ2v) is 13.0. The summed E-state index contributed by atoms with van der Waals surface area (Å²) in [7, 11) is 5.59. The summed E-state index contributed by atoms with van der Waals surface area (Å²) in [6.45, 7) is 10.3. The molecule has 11 heteroatoms. The molecular weight excluding hydrogens is 571 g/mol. The van der Waals surface area contributed by atoms with E-state index in [0.29, 0.717) is 54.6 Å². The number of benzene rings is 2. The van der Waals surface area contributed by atoms with Gasteiger partial charge in [-0.15, -0.1) is 0 Å². The highest BCUT2D eigenvalue weighted by Crippen LogP contribution is 2.39. The number of ether oxygens (including phenoxy) is 1. The van der Waals surface area contributed by atoms with Gasteiger partial charge in [-0.25, -0.2) is 4.98 Å². The number of rotatable bonds is 10. The predicted molar refractivity (Wildman–Crippen MR) is 168 cm³/mol. The summed E-state index contributed by atoms with van der Waals surface area (Å²) < 4.78 is 6.52. The van der Waals surface area contributed by atoms with Crippen molar-refractivity contribution < 1.29 is 19.4 Å². The van der Waals surface area contributed by atoms with Gasteiger partial charge in [0.25, 0.3) is 5.91 Å². The van der Waals surface area contributed by atoms with E-state index in [4.69, 9.17) is 4.74 Å². The number of anilines is 1. The van der Waals surface area contributed by atoms with Crippen LogP contribution in [0.4, 0.5) is 5.13 Å². The first-order valence-corrected chi connectivity index (χ1v) is 15.4. The summed E-state index contributed by atoms with van der Waals surface area (Å²) in [5.41, 5.74) is 3.85. The first kappa shape index (κ1) is 31.6. The van der Waals surface area contributed by atoms with Crippen LogP contribution >= 0.6 is 23.1 Å². The van der Waals surface area contributed by atoms with Crippen molar-refractivity contribution in [1.82, 2.24) is 19.7 Å². The Morgan fingerprint density at radius 3 is 2.64 bits per heavy atom. The summed E-state index contributed by atoms with van der Waals surface area (Å²) in [5, 5.41) is 14.5. The zero-order valence-corrected chi connectivity index (χ0v) is 26.5. The van der Waals surface area contributed by atoms with E-state index in [-0.39, 0.29) is 11.8 Å². The van der Waals surface area contributed by atoms with E-state index in [9.17, 15) is 14.7 Å². The molecule has 4 rings (SSSR count). The van der Waals surface area contributed by atoms with Crippen molar-refractivity contribution in [1.29, 1.82) is 0 Å². The molecule has 1 saturated heterocycles. The van der Waals surface area contributed by atoms with E-state index < -0.39 is 6.23 Å². The molecule has 3 aromatic rings. The fraction of sp³-hybridized carbons (Fsp3) is 0.387. The maximum atomic E-state index is 13.7. The fourth-order valence-electron chi connectivity index (χ4n) is 4.78. The molecule has 0 spiro atoms. The maximum absolute atomic E-state index is 13.7. The normalized spacial score (nSPS) is 14.5. The van der Waals surface area contributed by atoms with Gasteiger partial charge >= 0.3 is 0 Å². The molecule has 0 saturated carbocycles. The monoisotopic (exact) mass is 609 g/mol. The highest BCUT2D eigenvalue weighted by atomic mass is 32.2. The number of amides is 2. The van der Waals surface area contributed by atoms with Gasteiger partial charge in [-0.2, -0.15) is 0 Å². The SMILES string of the molecule is C=C(C)C(=O)N1CCCN(C(=O)c2cc(Sc3cnc(NC(O)c4cccc(CN(C)C)c4)s3)c(C)cc2OC)CC1. The van der Waals surface area contributed by atoms with Gasteiger partial charge in [0.05, 0.1) is 23.1 Å². The second-order valence-electron chi connectivity index (χ2n) is 10.7. The minimum absolute atomic E-state index is 0.0697. The highest BCUT2D eigenvalue weighted by Gasteiger charge is 2.26. The van der Waals surface area contributed by atoms with Crippen molar-refractivity contribution in [2.24, 2.45) is 0 Å². The average molecular weight is 610 g/mol. The van der Waals surface area contributed by atoms with Gasteiger partial charge in [0, 0.05) is 48.8 Å². The van der Waals surface area contributed by atoms with Crippen LogP contribution in [0.15, 0.2) is 63.9 Å². The lowest BCUT2D eigenvalue weighted by Gasteiger charge is -2.23. The molecule has 42 heavy (non-hydrogen) atoms. The van der Waals surface area contributed by atoms with Gasteiger partial charge in [0.1, 0.15) is 5.75 Å². The maximum Gasteiger partial charge on any atom is 0.257 e. The van der Waals surface area contributed by atoms with Crippen LogP contribution in [0.1, 0.15) is 46.6 Å². The van der Waals surface area contributed by atoms with Gasteiger partial charge < -0.3 is 29.9 Å².